The number of nitro benzene ring substituents is 1. The Kier molecular flexibility index (Phi) is 6.53. The smallest absolute Gasteiger partial charge is 0.325 e. The van der Waals surface area contributed by atoms with Crippen molar-refractivity contribution in [2.45, 2.75) is 24.8 Å². The third kappa shape index (κ3) is 5.07. The van der Waals surface area contributed by atoms with Crippen LogP contribution in [0.25, 0.3) is 0 Å². The minimum Gasteiger partial charge on any atom is -0.325 e. The average Bonchev–Trinajstić information content (AvgIpc) is 2.96. The summed E-state index contributed by atoms with van der Waals surface area (Å²) in [6.45, 7) is 1.70. The summed E-state index contributed by atoms with van der Waals surface area (Å²) in [7, 11) is 1.44. The molecule has 0 radical (unpaired) electrons. The highest BCUT2D eigenvalue weighted by Crippen LogP contribution is 2.36. The van der Waals surface area contributed by atoms with Gasteiger partial charge in [-0.2, -0.15) is 13.2 Å². The number of carbonyl (C=O) groups is 2. The quantitative estimate of drug-likeness (QED) is 0.516. The molecule has 1 N–H and O–H groups in total. The van der Waals surface area contributed by atoms with Gasteiger partial charge >= 0.3 is 6.18 Å². The van der Waals surface area contributed by atoms with Crippen LogP contribution in [0.5, 0.6) is 0 Å². The Morgan fingerprint density at radius 2 is 1.97 bits per heavy atom. The molecule has 168 valence electrons. The van der Waals surface area contributed by atoms with Crippen LogP contribution in [0.15, 0.2) is 47.5 Å². The van der Waals surface area contributed by atoms with Crippen molar-refractivity contribution in [2.24, 2.45) is 4.99 Å². The molecule has 0 aromatic heterocycles. The van der Waals surface area contributed by atoms with E-state index in [-0.39, 0.29) is 17.3 Å². The number of rotatable bonds is 5. The number of hydrogen-bond donors (Lipinski definition) is 1. The molecular weight excluding hydrogens is 449 g/mol. The average molecular weight is 466 g/mol. The number of nitrogens with zero attached hydrogens (tertiary/aromatic N) is 3. The number of halogens is 3. The molecule has 2 aromatic carbocycles. The molecular formula is C20H17F3N4O4S. The lowest BCUT2D eigenvalue weighted by Gasteiger charge is -2.14. The highest BCUT2D eigenvalue weighted by atomic mass is 32.2. The van der Waals surface area contributed by atoms with Crippen LogP contribution in [0.4, 0.5) is 30.2 Å². The molecule has 1 heterocycles. The van der Waals surface area contributed by atoms with E-state index in [2.05, 4.69) is 10.3 Å². The highest BCUT2D eigenvalue weighted by molar-refractivity contribution is 8.15. The number of carbonyl (C=O) groups excluding carboxylic acids is 2. The number of nitro groups is 1. The van der Waals surface area contributed by atoms with Crippen molar-refractivity contribution >= 4 is 45.8 Å². The Morgan fingerprint density at radius 1 is 1.28 bits per heavy atom. The summed E-state index contributed by atoms with van der Waals surface area (Å²) >= 11 is 0.967. The van der Waals surface area contributed by atoms with Crippen LogP contribution in [0.2, 0.25) is 0 Å². The number of benzene rings is 2. The zero-order valence-electron chi connectivity index (χ0n) is 16.8. The van der Waals surface area contributed by atoms with E-state index in [9.17, 15) is 32.9 Å². The van der Waals surface area contributed by atoms with E-state index < -0.39 is 39.4 Å². The van der Waals surface area contributed by atoms with Gasteiger partial charge in [0.25, 0.3) is 5.69 Å². The second-order valence-corrected chi connectivity index (χ2v) is 8.09. The van der Waals surface area contributed by atoms with E-state index in [0.29, 0.717) is 11.3 Å². The number of amides is 2. The van der Waals surface area contributed by atoms with Gasteiger partial charge in [-0.05, 0) is 24.6 Å². The topological polar surface area (TPSA) is 105 Å². The summed E-state index contributed by atoms with van der Waals surface area (Å²) in [5.41, 5.74) is -0.597. The van der Waals surface area contributed by atoms with Gasteiger partial charge in [0.05, 0.1) is 21.9 Å². The van der Waals surface area contributed by atoms with E-state index in [1.165, 1.54) is 42.3 Å². The van der Waals surface area contributed by atoms with Crippen molar-refractivity contribution in [1.29, 1.82) is 0 Å². The number of hydrogen-bond acceptors (Lipinski definition) is 6. The van der Waals surface area contributed by atoms with Crippen molar-refractivity contribution in [3.63, 3.8) is 0 Å². The molecule has 2 aromatic rings. The number of non-ortho nitro benzene ring substituents is 1. The van der Waals surface area contributed by atoms with Gasteiger partial charge in [-0.3, -0.25) is 24.6 Å². The first kappa shape index (κ1) is 23.3. The number of para-hydroxylation sites is 1. The summed E-state index contributed by atoms with van der Waals surface area (Å²) in [6.07, 6.45) is -5.01. The molecule has 0 saturated carbocycles. The number of nitrogens with one attached hydrogen (secondary N) is 1. The van der Waals surface area contributed by atoms with Crippen molar-refractivity contribution in [3.05, 3.63) is 63.7 Å². The molecule has 0 unspecified atom stereocenters. The zero-order chi connectivity index (χ0) is 23.6. The van der Waals surface area contributed by atoms with E-state index in [0.717, 1.165) is 23.9 Å². The van der Waals surface area contributed by atoms with Gasteiger partial charge in [0.15, 0.2) is 5.17 Å². The first-order valence-corrected chi connectivity index (χ1v) is 10.1. The normalized spacial score (nSPS) is 17.7. The molecule has 2 amide bonds. The van der Waals surface area contributed by atoms with Crippen molar-refractivity contribution in [1.82, 2.24) is 4.90 Å². The number of amidine groups is 1. The Morgan fingerprint density at radius 3 is 2.62 bits per heavy atom. The van der Waals surface area contributed by atoms with Crippen LogP contribution in [0, 0.1) is 17.0 Å². The van der Waals surface area contributed by atoms with Gasteiger partial charge in [0, 0.05) is 25.6 Å². The van der Waals surface area contributed by atoms with Crippen molar-refractivity contribution in [2.75, 3.05) is 12.4 Å². The Labute approximate surface area is 184 Å². The van der Waals surface area contributed by atoms with Gasteiger partial charge in [0.1, 0.15) is 5.25 Å². The van der Waals surface area contributed by atoms with Crippen molar-refractivity contribution in [3.8, 4) is 0 Å². The molecule has 1 aliphatic rings. The summed E-state index contributed by atoms with van der Waals surface area (Å²) in [5, 5.41) is 12.6. The molecule has 0 spiro atoms. The minimum atomic E-state index is -4.64. The maximum atomic E-state index is 13.1. The predicted octanol–water partition coefficient (Wildman–Crippen LogP) is 4.51. The summed E-state index contributed by atoms with van der Waals surface area (Å²) < 4.78 is 39.3. The third-order valence-corrected chi connectivity index (χ3v) is 5.87. The standard InChI is InChI=1S/C20H17F3N4O4S/c1-11-7-8-12(27(30)31)9-15(11)25-19-26(2)18(29)16(32-19)10-17(28)24-14-6-4-3-5-13(14)20(21,22)23/h3-9,16H,10H2,1-2H3,(H,24,28)/t16-/m1/s1. The van der Waals surface area contributed by atoms with Crippen LogP contribution in [-0.4, -0.2) is 39.1 Å². The first-order chi connectivity index (χ1) is 15.0. The lowest BCUT2D eigenvalue weighted by atomic mass is 10.1. The summed E-state index contributed by atoms with van der Waals surface area (Å²) in [6, 6.07) is 8.70. The largest absolute Gasteiger partial charge is 0.418 e. The van der Waals surface area contributed by atoms with E-state index in [4.69, 9.17) is 0 Å². The van der Waals surface area contributed by atoms with Gasteiger partial charge in [-0.1, -0.05) is 30.0 Å². The van der Waals surface area contributed by atoms with Crippen LogP contribution in [-0.2, 0) is 15.8 Å². The number of anilines is 1. The molecule has 1 saturated heterocycles. The molecule has 0 aliphatic carbocycles. The zero-order valence-corrected chi connectivity index (χ0v) is 17.7. The second-order valence-electron chi connectivity index (χ2n) is 6.92. The fourth-order valence-corrected chi connectivity index (χ4v) is 4.09. The maximum Gasteiger partial charge on any atom is 0.418 e. The number of thioether (sulfide) groups is 1. The Balaban J connectivity index is 1.76. The van der Waals surface area contributed by atoms with Gasteiger partial charge in [-0.25, -0.2) is 4.99 Å². The molecule has 8 nitrogen and oxygen atoms in total. The van der Waals surface area contributed by atoms with Gasteiger partial charge < -0.3 is 5.32 Å². The van der Waals surface area contributed by atoms with E-state index in [1.807, 2.05) is 0 Å². The lowest BCUT2D eigenvalue weighted by molar-refractivity contribution is -0.384. The van der Waals surface area contributed by atoms with Gasteiger partial charge in [0.2, 0.25) is 11.8 Å². The molecule has 32 heavy (non-hydrogen) atoms. The van der Waals surface area contributed by atoms with Crippen LogP contribution in [0.3, 0.4) is 0 Å². The van der Waals surface area contributed by atoms with Crippen LogP contribution < -0.4 is 5.32 Å². The molecule has 0 bridgehead atoms. The SMILES string of the molecule is Cc1ccc([N+](=O)[O-])cc1N=C1S[C@H](CC(=O)Nc2ccccc2C(F)(F)F)C(=O)N1C. The molecule has 1 atom stereocenters. The summed E-state index contributed by atoms with van der Waals surface area (Å²) in [4.78, 5) is 40.9. The van der Waals surface area contributed by atoms with Crippen LogP contribution >= 0.6 is 11.8 Å². The number of aliphatic imine (C=N–C) groups is 1. The number of aryl methyl sites for hydroxylation is 1. The lowest BCUT2D eigenvalue weighted by Crippen LogP contribution is -2.30. The minimum absolute atomic E-state index is 0.161. The number of alkyl halides is 3. The molecule has 1 aliphatic heterocycles. The fraction of sp³-hybridized carbons (Fsp3) is 0.250. The molecule has 1 fully saturated rings. The molecule has 3 rings (SSSR count). The van der Waals surface area contributed by atoms with E-state index in [1.54, 1.807) is 6.92 Å². The van der Waals surface area contributed by atoms with Gasteiger partial charge in [-0.15, -0.1) is 0 Å². The Bertz CT molecular complexity index is 1120. The molecule has 12 heteroatoms. The van der Waals surface area contributed by atoms with E-state index >= 15 is 0 Å². The Hall–Kier alpha value is -3.41. The maximum absolute atomic E-state index is 13.1. The second kappa shape index (κ2) is 8.99. The predicted molar refractivity (Wildman–Crippen MR) is 114 cm³/mol. The fourth-order valence-electron chi connectivity index (χ4n) is 2.94. The van der Waals surface area contributed by atoms with Crippen molar-refractivity contribution < 1.29 is 27.7 Å². The third-order valence-electron chi connectivity index (χ3n) is 4.64. The monoisotopic (exact) mass is 466 g/mol. The first-order valence-electron chi connectivity index (χ1n) is 9.21. The van der Waals surface area contributed by atoms with Crippen LogP contribution in [0.1, 0.15) is 17.5 Å². The summed E-state index contributed by atoms with van der Waals surface area (Å²) in [5.74, 6) is -1.20. The highest BCUT2D eigenvalue weighted by Gasteiger charge is 2.38.